The molecule has 1 aromatic carbocycles. The van der Waals surface area contributed by atoms with Gasteiger partial charge in [0, 0.05) is 43.6 Å². The predicted molar refractivity (Wildman–Crippen MR) is 123 cm³/mol. The first kappa shape index (κ1) is 21.6. The molecule has 2 fully saturated rings. The summed E-state index contributed by atoms with van der Waals surface area (Å²) < 4.78 is 0. The van der Waals surface area contributed by atoms with Gasteiger partial charge in [-0.3, -0.25) is 29.4 Å². The van der Waals surface area contributed by atoms with Gasteiger partial charge in [0.25, 0.3) is 17.5 Å². The van der Waals surface area contributed by atoms with E-state index in [4.69, 9.17) is 0 Å². The van der Waals surface area contributed by atoms with Crippen LogP contribution in [0.2, 0.25) is 0 Å². The number of carbonyl (C=O) groups excluding carboxylic acids is 3. The summed E-state index contributed by atoms with van der Waals surface area (Å²) >= 11 is 0. The summed E-state index contributed by atoms with van der Waals surface area (Å²) in [5.41, 5.74) is 1.96. The van der Waals surface area contributed by atoms with Gasteiger partial charge in [0.2, 0.25) is 5.91 Å². The summed E-state index contributed by atoms with van der Waals surface area (Å²) in [6, 6.07) is 7.42. The Labute approximate surface area is 194 Å². The molecule has 1 N–H and O–H groups in total. The van der Waals surface area contributed by atoms with E-state index in [2.05, 4.69) is 21.8 Å². The van der Waals surface area contributed by atoms with E-state index < -0.39 is 22.8 Å². The zero-order valence-corrected chi connectivity index (χ0v) is 18.3. The van der Waals surface area contributed by atoms with Gasteiger partial charge in [-0.1, -0.05) is 6.58 Å². The van der Waals surface area contributed by atoms with E-state index in [1.165, 1.54) is 12.3 Å². The van der Waals surface area contributed by atoms with Crippen molar-refractivity contribution in [1.29, 1.82) is 0 Å². The molecule has 3 aliphatic heterocycles. The van der Waals surface area contributed by atoms with Crippen LogP contribution in [0.3, 0.4) is 0 Å². The molecule has 2 saturated heterocycles. The van der Waals surface area contributed by atoms with Gasteiger partial charge in [0.05, 0.1) is 16.1 Å². The van der Waals surface area contributed by atoms with Crippen molar-refractivity contribution in [3.63, 3.8) is 0 Å². The van der Waals surface area contributed by atoms with Crippen LogP contribution in [0.4, 0.5) is 17.2 Å². The van der Waals surface area contributed by atoms with Crippen LogP contribution in [0.5, 0.6) is 0 Å². The van der Waals surface area contributed by atoms with Gasteiger partial charge in [0.1, 0.15) is 18.1 Å². The number of nitrogens with one attached hydrogen (secondary N) is 1. The number of hydrogen-bond donors (Lipinski definition) is 1. The first-order valence-electron chi connectivity index (χ1n) is 10.9. The molecular formula is C23H22N6O5. The van der Waals surface area contributed by atoms with Gasteiger partial charge >= 0.3 is 0 Å². The minimum Gasteiger partial charge on any atom is -0.368 e. The number of hydrogen-bond acceptors (Lipinski definition) is 8. The molecule has 1 atom stereocenters. The van der Waals surface area contributed by atoms with E-state index in [0.717, 1.165) is 10.6 Å². The lowest BCUT2D eigenvalue weighted by Crippen LogP contribution is -2.51. The smallest absolute Gasteiger partial charge is 0.287 e. The third-order valence-corrected chi connectivity index (χ3v) is 6.45. The van der Waals surface area contributed by atoms with Crippen molar-refractivity contribution in [3.8, 4) is 0 Å². The number of piperazine rings is 1. The van der Waals surface area contributed by atoms with Crippen LogP contribution in [0.15, 0.2) is 48.8 Å². The second-order valence-corrected chi connectivity index (χ2v) is 8.46. The van der Waals surface area contributed by atoms with Crippen LogP contribution in [0.1, 0.15) is 33.6 Å². The monoisotopic (exact) mass is 462 g/mol. The number of benzene rings is 1. The first-order chi connectivity index (χ1) is 16.3. The zero-order chi connectivity index (χ0) is 24.0. The number of piperidine rings is 1. The predicted octanol–water partition coefficient (Wildman–Crippen LogP) is 1.70. The van der Waals surface area contributed by atoms with Crippen LogP contribution >= 0.6 is 0 Å². The lowest BCUT2D eigenvalue weighted by Gasteiger charge is -2.36. The highest BCUT2D eigenvalue weighted by molar-refractivity contribution is 6.23. The lowest BCUT2D eigenvalue weighted by atomic mass is 10.0. The Balaban J connectivity index is 1.29. The summed E-state index contributed by atoms with van der Waals surface area (Å²) in [7, 11) is 0. The Bertz CT molecular complexity index is 1220. The zero-order valence-electron chi connectivity index (χ0n) is 18.3. The Morgan fingerprint density at radius 2 is 1.71 bits per heavy atom. The van der Waals surface area contributed by atoms with E-state index in [9.17, 15) is 24.5 Å². The molecule has 3 aliphatic rings. The van der Waals surface area contributed by atoms with Crippen molar-refractivity contribution in [1.82, 2.24) is 15.2 Å². The minimum absolute atomic E-state index is 0.0515. The number of carbonyl (C=O) groups is 3. The molecule has 11 nitrogen and oxygen atoms in total. The van der Waals surface area contributed by atoms with Gasteiger partial charge in [0.15, 0.2) is 0 Å². The van der Waals surface area contributed by atoms with Crippen molar-refractivity contribution < 1.29 is 19.3 Å². The van der Waals surface area contributed by atoms with Gasteiger partial charge < -0.3 is 15.1 Å². The first-order valence-corrected chi connectivity index (χ1v) is 10.9. The molecule has 4 heterocycles. The molecule has 3 amide bonds. The summed E-state index contributed by atoms with van der Waals surface area (Å²) in [4.78, 5) is 58.2. The van der Waals surface area contributed by atoms with Crippen LogP contribution in [0, 0.1) is 10.1 Å². The molecule has 1 unspecified atom stereocenters. The lowest BCUT2D eigenvalue weighted by molar-refractivity contribution is -0.385. The second kappa shape index (κ2) is 8.25. The molecule has 34 heavy (non-hydrogen) atoms. The van der Waals surface area contributed by atoms with E-state index in [0.29, 0.717) is 61.7 Å². The Morgan fingerprint density at radius 1 is 1.00 bits per heavy atom. The Hall–Kier alpha value is -4.28. The maximum atomic E-state index is 13.1. The van der Waals surface area contributed by atoms with E-state index in [1.54, 1.807) is 18.2 Å². The number of nitro groups is 1. The average molecular weight is 462 g/mol. The number of allylic oxidation sites excluding steroid dienone is 1. The fourth-order valence-electron chi connectivity index (χ4n) is 4.60. The van der Waals surface area contributed by atoms with Crippen LogP contribution in [0.25, 0.3) is 0 Å². The van der Waals surface area contributed by atoms with E-state index in [-0.39, 0.29) is 11.6 Å². The average Bonchev–Trinajstić information content (AvgIpc) is 3.09. The number of nitrogens with zero attached hydrogens (tertiary/aromatic N) is 5. The minimum atomic E-state index is -0.834. The fraction of sp³-hybridized carbons (Fsp3) is 0.304. The third kappa shape index (κ3) is 3.64. The number of rotatable bonds is 4. The highest BCUT2D eigenvalue weighted by atomic mass is 16.6. The largest absolute Gasteiger partial charge is 0.368 e. The maximum Gasteiger partial charge on any atom is 0.287 e. The molecule has 174 valence electrons. The van der Waals surface area contributed by atoms with Crippen LogP contribution in [-0.2, 0) is 4.79 Å². The molecular weight excluding hydrogens is 440 g/mol. The summed E-state index contributed by atoms with van der Waals surface area (Å²) in [6.45, 7) is 6.33. The molecule has 0 spiro atoms. The number of aromatic nitrogens is 1. The number of fused-ring (bicyclic) bond motifs is 1. The molecule has 0 aliphatic carbocycles. The van der Waals surface area contributed by atoms with Gasteiger partial charge in [-0.05, 0) is 37.1 Å². The SMILES string of the molecule is C=C1CCC(N2C(=O)c3ccc(N4CCN(c5ccc([N+](=O)[O-])cn5)CC4)cc3C2=O)C(=O)N1. The maximum absolute atomic E-state index is 13.1. The molecule has 1 aromatic heterocycles. The van der Waals surface area contributed by atoms with E-state index >= 15 is 0 Å². The van der Waals surface area contributed by atoms with Gasteiger partial charge in [-0.15, -0.1) is 0 Å². The number of pyridine rings is 1. The van der Waals surface area contributed by atoms with Crippen molar-refractivity contribution in [2.45, 2.75) is 18.9 Å². The number of amides is 3. The normalized spacial score (nSPS) is 20.5. The second-order valence-electron chi connectivity index (χ2n) is 8.46. The standard InChI is InChI=1S/C23H22N6O5/c1-14-2-6-19(21(30)25-14)28-22(31)17-5-3-15(12-18(17)23(28)32)26-8-10-27(11-9-26)20-7-4-16(13-24-20)29(33)34/h3-5,7,12-13,19H,1-2,6,8-11H2,(H,25,30). The van der Waals surface area contributed by atoms with Crippen molar-refractivity contribution in [3.05, 3.63) is 70.0 Å². The molecule has 0 bridgehead atoms. The fourth-order valence-corrected chi connectivity index (χ4v) is 4.60. The highest BCUT2D eigenvalue weighted by Crippen LogP contribution is 2.31. The van der Waals surface area contributed by atoms with Gasteiger partial charge in [-0.2, -0.15) is 0 Å². The topological polar surface area (TPSA) is 129 Å². The number of imide groups is 1. The summed E-state index contributed by atoms with van der Waals surface area (Å²) in [5.74, 6) is -0.623. The Morgan fingerprint density at radius 3 is 2.35 bits per heavy atom. The summed E-state index contributed by atoms with van der Waals surface area (Å²) in [5, 5.41) is 13.5. The van der Waals surface area contributed by atoms with Gasteiger partial charge in [-0.25, -0.2) is 4.98 Å². The third-order valence-electron chi connectivity index (χ3n) is 6.45. The van der Waals surface area contributed by atoms with Crippen molar-refractivity contribution >= 4 is 34.9 Å². The molecule has 0 saturated carbocycles. The molecule has 0 radical (unpaired) electrons. The van der Waals surface area contributed by atoms with Crippen LogP contribution < -0.4 is 15.1 Å². The quantitative estimate of drug-likeness (QED) is 0.413. The van der Waals surface area contributed by atoms with E-state index in [1.807, 2.05) is 11.0 Å². The Kier molecular flexibility index (Phi) is 5.23. The molecule has 5 rings (SSSR count). The molecule has 2 aromatic rings. The van der Waals surface area contributed by atoms with Crippen molar-refractivity contribution in [2.75, 3.05) is 36.0 Å². The molecule has 11 heteroatoms. The highest BCUT2D eigenvalue weighted by Gasteiger charge is 2.44. The van der Waals surface area contributed by atoms with Crippen molar-refractivity contribution in [2.24, 2.45) is 0 Å². The number of anilines is 2. The summed E-state index contributed by atoms with van der Waals surface area (Å²) in [6.07, 6.45) is 2.13. The van der Waals surface area contributed by atoms with Crippen LogP contribution in [-0.4, -0.2) is 64.7 Å².